The van der Waals surface area contributed by atoms with Gasteiger partial charge in [-0.05, 0) is 17.7 Å². The largest absolute Gasteiger partial charge is 0.497 e. The first kappa shape index (κ1) is 10.4. The maximum atomic E-state index is 6.71. The van der Waals surface area contributed by atoms with Crippen molar-refractivity contribution >= 4 is 0 Å². The predicted molar refractivity (Wildman–Crippen MR) is 54.7 cm³/mol. The van der Waals surface area contributed by atoms with Gasteiger partial charge >= 0.3 is 0 Å². The zero-order chi connectivity index (χ0) is 10.4. The number of methoxy groups -OCH3 is 2. The molecule has 0 N–H and O–H groups in total. The average Bonchev–Trinajstić information content (AvgIpc) is 2.25. The molecule has 0 spiro atoms. The molecule has 0 aliphatic rings. The summed E-state index contributed by atoms with van der Waals surface area (Å²) in [4.78, 5) is 3.31. The van der Waals surface area contributed by atoms with Crippen molar-refractivity contribution in [3.8, 4) is 11.5 Å². The number of rotatable bonds is 4. The molecule has 1 aromatic rings. The molecule has 0 saturated heterocycles. The Balaban J connectivity index is 2.87. The monoisotopic (exact) mass is 191 g/mol. The van der Waals surface area contributed by atoms with E-state index in [0.717, 1.165) is 23.5 Å². The van der Waals surface area contributed by atoms with Gasteiger partial charge in [-0.3, -0.25) is 0 Å². The fraction of sp³-hybridized carbons (Fsp3) is 0.364. The Kier molecular flexibility index (Phi) is 3.81. The third-order valence-corrected chi connectivity index (χ3v) is 1.92. The van der Waals surface area contributed by atoms with Gasteiger partial charge in [0, 0.05) is 12.5 Å². The van der Waals surface area contributed by atoms with Crippen LogP contribution in [0.15, 0.2) is 18.2 Å². The molecule has 0 heterocycles. The van der Waals surface area contributed by atoms with Crippen LogP contribution in [0.1, 0.15) is 5.56 Å². The molecule has 0 unspecified atom stereocenters. The van der Waals surface area contributed by atoms with Crippen LogP contribution >= 0.6 is 0 Å². The zero-order valence-corrected chi connectivity index (χ0v) is 8.41. The summed E-state index contributed by atoms with van der Waals surface area (Å²) in [6.45, 7) is 7.21. The number of ether oxygens (including phenoxy) is 2. The highest BCUT2D eigenvalue weighted by molar-refractivity contribution is 5.38. The van der Waals surface area contributed by atoms with E-state index in [-0.39, 0.29) is 0 Å². The van der Waals surface area contributed by atoms with Crippen molar-refractivity contribution in [2.24, 2.45) is 0 Å². The van der Waals surface area contributed by atoms with Gasteiger partial charge in [-0.25, -0.2) is 6.57 Å². The molecule has 0 amide bonds. The van der Waals surface area contributed by atoms with Crippen LogP contribution in [0.2, 0.25) is 0 Å². The Hall–Kier alpha value is -1.69. The maximum absolute atomic E-state index is 6.71. The standard InChI is InChI=1S/C11H13NO2/c1-12-5-4-9-6-10(13-2)8-11(7-9)14-3/h6-8H,4-5H2,2-3H3. The van der Waals surface area contributed by atoms with Crippen LogP contribution in [-0.2, 0) is 6.42 Å². The molecular weight excluding hydrogens is 178 g/mol. The summed E-state index contributed by atoms with van der Waals surface area (Å²) in [5.41, 5.74) is 1.07. The van der Waals surface area contributed by atoms with Gasteiger partial charge in [0.1, 0.15) is 11.5 Å². The van der Waals surface area contributed by atoms with E-state index in [4.69, 9.17) is 16.0 Å². The lowest BCUT2D eigenvalue weighted by Crippen LogP contribution is -1.92. The minimum atomic E-state index is 0.496. The van der Waals surface area contributed by atoms with Crippen molar-refractivity contribution in [1.29, 1.82) is 0 Å². The minimum Gasteiger partial charge on any atom is -0.497 e. The highest BCUT2D eigenvalue weighted by Gasteiger charge is 2.02. The molecule has 14 heavy (non-hydrogen) atoms. The van der Waals surface area contributed by atoms with E-state index in [9.17, 15) is 0 Å². The van der Waals surface area contributed by atoms with Gasteiger partial charge in [0.05, 0.1) is 14.2 Å². The Morgan fingerprint density at radius 1 is 1.14 bits per heavy atom. The molecule has 3 nitrogen and oxygen atoms in total. The minimum absolute atomic E-state index is 0.496. The summed E-state index contributed by atoms with van der Waals surface area (Å²) in [5, 5.41) is 0. The molecule has 0 aliphatic carbocycles. The Morgan fingerprint density at radius 2 is 1.71 bits per heavy atom. The van der Waals surface area contributed by atoms with Gasteiger partial charge in [0.15, 0.2) is 0 Å². The number of hydrogen-bond donors (Lipinski definition) is 0. The molecule has 3 heteroatoms. The normalized spacial score (nSPS) is 9.21. The van der Waals surface area contributed by atoms with Gasteiger partial charge in [-0.2, -0.15) is 0 Å². The van der Waals surface area contributed by atoms with Gasteiger partial charge in [-0.15, -0.1) is 0 Å². The molecule has 0 fully saturated rings. The Bertz CT molecular complexity index is 319. The average molecular weight is 191 g/mol. The smallest absolute Gasteiger partial charge is 0.218 e. The first-order valence-corrected chi connectivity index (χ1v) is 4.35. The van der Waals surface area contributed by atoms with Gasteiger partial charge < -0.3 is 14.3 Å². The molecule has 0 atom stereocenters. The van der Waals surface area contributed by atoms with Crippen molar-refractivity contribution in [2.75, 3.05) is 20.8 Å². The quantitative estimate of drug-likeness (QED) is 0.681. The lowest BCUT2D eigenvalue weighted by molar-refractivity contribution is 0.393. The van der Waals surface area contributed by atoms with Crippen LogP contribution in [0, 0.1) is 6.57 Å². The lowest BCUT2D eigenvalue weighted by atomic mass is 10.1. The SMILES string of the molecule is [C-]#[N+]CCc1cc(OC)cc(OC)c1. The fourth-order valence-electron chi connectivity index (χ4n) is 1.20. The van der Waals surface area contributed by atoms with E-state index in [1.807, 2.05) is 18.2 Å². The topological polar surface area (TPSA) is 22.8 Å². The Morgan fingerprint density at radius 3 is 2.14 bits per heavy atom. The van der Waals surface area contributed by atoms with Crippen LogP contribution in [0.5, 0.6) is 11.5 Å². The van der Waals surface area contributed by atoms with Crippen molar-refractivity contribution in [1.82, 2.24) is 0 Å². The number of nitrogens with zero attached hydrogens (tertiary/aromatic N) is 1. The zero-order valence-electron chi connectivity index (χ0n) is 8.41. The van der Waals surface area contributed by atoms with E-state index in [1.165, 1.54) is 0 Å². The summed E-state index contributed by atoms with van der Waals surface area (Å²) >= 11 is 0. The maximum Gasteiger partial charge on any atom is 0.218 e. The molecular formula is C11H13NO2. The summed E-state index contributed by atoms with van der Waals surface area (Å²) < 4.78 is 10.2. The van der Waals surface area contributed by atoms with Crippen molar-refractivity contribution in [3.63, 3.8) is 0 Å². The molecule has 0 bridgehead atoms. The molecule has 0 aromatic heterocycles. The Labute approximate surface area is 84.1 Å². The molecule has 0 aliphatic heterocycles. The van der Waals surface area contributed by atoms with Gasteiger partial charge in [0.2, 0.25) is 6.54 Å². The molecule has 74 valence electrons. The van der Waals surface area contributed by atoms with E-state index in [2.05, 4.69) is 4.85 Å². The van der Waals surface area contributed by atoms with Gasteiger partial charge in [-0.1, -0.05) is 0 Å². The summed E-state index contributed by atoms with van der Waals surface area (Å²) in [7, 11) is 3.24. The molecule has 1 aromatic carbocycles. The molecule has 0 saturated carbocycles. The molecule has 1 rings (SSSR count). The predicted octanol–water partition coefficient (Wildman–Crippen LogP) is 2.17. The second-order valence-corrected chi connectivity index (χ2v) is 2.85. The summed E-state index contributed by atoms with van der Waals surface area (Å²) in [6, 6.07) is 5.67. The summed E-state index contributed by atoms with van der Waals surface area (Å²) in [5.74, 6) is 1.54. The van der Waals surface area contributed by atoms with Crippen molar-refractivity contribution in [3.05, 3.63) is 35.2 Å². The highest BCUT2D eigenvalue weighted by Crippen LogP contribution is 2.22. The van der Waals surface area contributed by atoms with Crippen LogP contribution in [0.3, 0.4) is 0 Å². The van der Waals surface area contributed by atoms with Crippen LogP contribution < -0.4 is 9.47 Å². The van der Waals surface area contributed by atoms with E-state index >= 15 is 0 Å². The van der Waals surface area contributed by atoms with E-state index in [0.29, 0.717) is 6.54 Å². The van der Waals surface area contributed by atoms with Crippen LogP contribution in [0.25, 0.3) is 4.85 Å². The van der Waals surface area contributed by atoms with Crippen molar-refractivity contribution < 1.29 is 9.47 Å². The first-order valence-electron chi connectivity index (χ1n) is 4.35. The number of hydrogen-bond acceptors (Lipinski definition) is 2. The first-order chi connectivity index (χ1) is 6.80. The van der Waals surface area contributed by atoms with Crippen LogP contribution in [0.4, 0.5) is 0 Å². The van der Waals surface area contributed by atoms with Crippen molar-refractivity contribution in [2.45, 2.75) is 6.42 Å². The second-order valence-electron chi connectivity index (χ2n) is 2.85. The van der Waals surface area contributed by atoms with E-state index in [1.54, 1.807) is 14.2 Å². The van der Waals surface area contributed by atoms with Gasteiger partial charge in [0.25, 0.3) is 0 Å². The highest BCUT2D eigenvalue weighted by atomic mass is 16.5. The number of benzene rings is 1. The molecule has 0 radical (unpaired) electrons. The fourth-order valence-corrected chi connectivity index (χ4v) is 1.20. The van der Waals surface area contributed by atoms with Crippen LogP contribution in [-0.4, -0.2) is 20.8 Å². The second kappa shape index (κ2) is 5.13. The third kappa shape index (κ3) is 2.67. The third-order valence-electron chi connectivity index (χ3n) is 1.92. The summed E-state index contributed by atoms with van der Waals surface area (Å²) in [6.07, 6.45) is 0.733. The lowest BCUT2D eigenvalue weighted by Gasteiger charge is -2.06. The van der Waals surface area contributed by atoms with E-state index < -0.39 is 0 Å².